The molecule has 3 N–H and O–H groups in total. The number of nitrogens with one attached hydrogen (secondary N) is 1. The van der Waals surface area contributed by atoms with Crippen LogP contribution in [0.5, 0.6) is 0 Å². The van der Waals surface area contributed by atoms with E-state index in [1.165, 1.54) is 0 Å². The minimum absolute atomic E-state index is 0.449. The van der Waals surface area contributed by atoms with Crippen LogP contribution in [0, 0.1) is 0 Å². The van der Waals surface area contributed by atoms with E-state index in [2.05, 4.69) is 15.2 Å². The molecule has 0 saturated heterocycles. The summed E-state index contributed by atoms with van der Waals surface area (Å²) in [5.74, 6) is 1.23. The van der Waals surface area contributed by atoms with Gasteiger partial charge in [-0.3, -0.25) is 5.10 Å². The van der Waals surface area contributed by atoms with E-state index in [4.69, 9.17) is 17.3 Å². The number of halogens is 1. The summed E-state index contributed by atoms with van der Waals surface area (Å²) < 4.78 is 1.95. The minimum Gasteiger partial charge on any atom is -0.382 e. The maximum atomic E-state index is 5.97. The van der Waals surface area contributed by atoms with Crippen molar-refractivity contribution in [1.82, 2.24) is 19.7 Å². The third-order valence-corrected chi connectivity index (χ3v) is 2.92. The van der Waals surface area contributed by atoms with Gasteiger partial charge in [-0.25, -0.2) is 4.98 Å². The van der Waals surface area contributed by atoms with Gasteiger partial charge in [-0.15, -0.1) is 0 Å². The van der Waals surface area contributed by atoms with Crippen LogP contribution in [-0.2, 0) is 7.05 Å². The maximum absolute atomic E-state index is 5.97. The van der Waals surface area contributed by atoms with Gasteiger partial charge < -0.3 is 10.3 Å². The van der Waals surface area contributed by atoms with Crippen LogP contribution in [0.4, 0.5) is 5.82 Å². The Kier molecular flexibility index (Phi) is 2.09. The zero-order valence-corrected chi connectivity index (χ0v) is 9.86. The van der Waals surface area contributed by atoms with Crippen molar-refractivity contribution in [2.24, 2.45) is 7.05 Å². The van der Waals surface area contributed by atoms with Crippen molar-refractivity contribution in [3.05, 3.63) is 29.3 Å². The molecule has 0 aliphatic rings. The lowest BCUT2D eigenvalue weighted by atomic mass is 10.3. The van der Waals surface area contributed by atoms with E-state index in [-0.39, 0.29) is 0 Å². The summed E-state index contributed by atoms with van der Waals surface area (Å²) in [7, 11) is 1.93. The average molecular weight is 248 g/mol. The van der Waals surface area contributed by atoms with Crippen LogP contribution in [0.15, 0.2) is 24.3 Å². The Morgan fingerprint density at radius 2 is 2.18 bits per heavy atom. The lowest BCUT2D eigenvalue weighted by Crippen LogP contribution is -1.92. The maximum Gasteiger partial charge on any atom is 0.159 e. The van der Waals surface area contributed by atoms with Crippen LogP contribution in [0.2, 0.25) is 5.02 Å². The molecule has 0 aliphatic carbocycles. The molecule has 3 rings (SSSR count). The van der Waals surface area contributed by atoms with Crippen LogP contribution in [0.1, 0.15) is 0 Å². The van der Waals surface area contributed by atoms with Gasteiger partial charge in [-0.05, 0) is 18.2 Å². The number of benzene rings is 1. The first-order valence-corrected chi connectivity index (χ1v) is 5.46. The Morgan fingerprint density at radius 3 is 2.88 bits per heavy atom. The number of hydrogen-bond donors (Lipinski definition) is 2. The highest BCUT2D eigenvalue weighted by molar-refractivity contribution is 6.31. The second kappa shape index (κ2) is 3.49. The predicted molar refractivity (Wildman–Crippen MR) is 67.7 cm³/mol. The molecular formula is C11H10ClN5. The first-order chi connectivity index (χ1) is 8.15. The van der Waals surface area contributed by atoms with E-state index in [0.29, 0.717) is 10.8 Å². The second-order valence-electron chi connectivity index (χ2n) is 3.83. The summed E-state index contributed by atoms with van der Waals surface area (Å²) in [5.41, 5.74) is 8.23. The molecule has 17 heavy (non-hydrogen) atoms. The fourth-order valence-electron chi connectivity index (χ4n) is 1.86. The molecule has 86 valence electrons. The highest BCUT2D eigenvalue weighted by Crippen LogP contribution is 2.25. The highest BCUT2D eigenvalue weighted by atomic mass is 35.5. The third-order valence-electron chi connectivity index (χ3n) is 2.68. The number of rotatable bonds is 1. The smallest absolute Gasteiger partial charge is 0.159 e. The first kappa shape index (κ1) is 10.2. The number of nitrogen functional groups attached to an aromatic ring is 1. The number of anilines is 1. The number of imidazole rings is 1. The molecular weight excluding hydrogens is 238 g/mol. The van der Waals surface area contributed by atoms with E-state index in [9.17, 15) is 0 Å². The number of aryl methyl sites for hydroxylation is 1. The number of hydrogen-bond acceptors (Lipinski definition) is 3. The fourth-order valence-corrected chi connectivity index (χ4v) is 2.02. The van der Waals surface area contributed by atoms with E-state index >= 15 is 0 Å². The summed E-state index contributed by atoms with van der Waals surface area (Å²) in [5, 5.41) is 7.43. The Bertz CT molecular complexity index is 697. The molecule has 0 unspecified atom stereocenters. The Hall–Kier alpha value is -2.01. The normalized spacial score (nSPS) is 11.2. The molecule has 0 fully saturated rings. The topological polar surface area (TPSA) is 72.5 Å². The van der Waals surface area contributed by atoms with Crippen LogP contribution in [0.3, 0.4) is 0 Å². The summed E-state index contributed by atoms with van der Waals surface area (Å²) in [6.45, 7) is 0. The summed E-state index contributed by atoms with van der Waals surface area (Å²) in [6, 6.07) is 7.35. The van der Waals surface area contributed by atoms with Crippen molar-refractivity contribution in [3.8, 4) is 11.5 Å². The number of nitrogens with zero attached hydrogens (tertiary/aromatic N) is 3. The summed E-state index contributed by atoms with van der Waals surface area (Å²) in [4.78, 5) is 4.51. The molecule has 0 atom stereocenters. The van der Waals surface area contributed by atoms with Gasteiger partial charge in [0.05, 0.1) is 11.0 Å². The lowest BCUT2D eigenvalue weighted by Gasteiger charge is -1.98. The average Bonchev–Trinajstić information content (AvgIpc) is 2.84. The number of fused-ring (bicyclic) bond motifs is 1. The van der Waals surface area contributed by atoms with Gasteiger partial charge in [0, 0.05) is 18.1 Å². The monoisotopic (exact) mass is 247 g/mol. The Balaban J connectivity index is 2.27. The SMILES string of the molecule is Cn1c(-c2cc(N)n[nH]2)nc2ccc(Cl)cc21. The molecule has 5 nitrogen and oxygen atoms in total. The molecule has 2 aromatic heterocycles. The van der Waals surface area contributed by atoms with E-state index < -0.39 is 0 Å². The molecule has 3 aromatic rings. The van der Waals surface area contributed by atoms with E-state index in [1.807, 2.05) is 29.8 Å². The third kappa shape index (κ3) is 1.55. The molecule has 0 spiro atoms. The second-order valence-corrected chi connectivity index (χ2v) is 4.27. The van der Waals surface area contributed by atoms with Crippen molar-refractivity contribution in [3.63, 3.8) is 0 Å². The first-order valence-electron chi connectivity index (χ1n) is 5.08. The van der Waals surface area contributed by atoms with E-state index in [0.717, 1.165) is 22.6 Å². The van der Waals surface area contributed by atoms with E-state index in [1.54, 1.807) is 6.07 Å². The van der Waals surface area contributed by atoms with Gasteiger partial charge in [0.15, 0.2) is 5.82 Å². The van der Waals surface area contributed by atoms with Crippen molar-refractivity contribution >= 4 is 28.5 Å². The molecule has 0 bridgehead atoms. The molecule has 0 aliphatic heterocycles. The summed E-state index contributed by atoms with van der Waals surface area (Å²) in [6.07, 6.45) is 0. The molecule has 2 heterocycles. The number of H-pyrrole nitrogens is 1. The number of aromatic amines is 1. The quantitative estimate of drug-likeness (QED) is 0.692. The van der Waals surface area contributed by atoms with Gasteiger partial charge in [-0.2, -0.15) is 5.10 Å². The van der Waals surface area contributed by atoms with Gasteiger partial charge in [0.2, 0.25) is 0 Å². The van der Waals surface area contributed by atoms with Crippen LogP contribution in [-0.4, -0.2) is 19.7 Å². The van der Waals surface area contributed by atoms with Gasteiger partial charge in [0.25, 0.3) is 0 Å². The predicted octanol–water partition coefficient (Wildman–Crippen LogP) is 2.20. The zero-order valence-electron chi connectivity index (χ0n) is 9.11. The highest BCUT2D eigenvalue weighted by Gasteiger charge is 2.11. The largest absolute Gasteiger partial charge is 0.382 e. The van der Waals surface area contributed by atoms with Crippen LogP contribution in [0.25, 0.3) is 22.6 Å². The van der Waals surface area contributed by atoms with Gasteiger partial charge in [0.1, 0.15) is 11.5 Å². The Labute approximate surface area is 102 Å². The molecule has 0 radical (unpaired) electrons. The number of aromatic nitrogens is 4. The van der Waals surface area contributed by atoms with Crippen molar-refractivity contribution in [1.29, 1.82) is 0 Å². The van der Waals surface area contributed by atoms with Gasteiger partial charge >= 0.3 is 0 Å². The summed E-state index contributed by atoms with van der Waals surface area (Å²) >= 11 is 5.97. The van der Waals surface area contributed by atoms with Crippen molar-refractivity contribution in [2.45, 2.75) is 0 Å². The fraction of sp³-hybridized carbons (Fsp3) is 0.0909. The van der Waals surface area contributed by atoms with Gasteiger partial charge in [-0.1, -0.05) is 11.6 Å². The van der Waals surface area contributed by atoms with Crippen LogP contribution >= 0.6 is 11.6 Å². The molecule has 1 aromatic carbocycles. The molecule has 0 saturated carbocycles. The minimum atomic E-state index is 0.449. The van der Waals surface area contributed by atoms with Crippen molar-refractivity contribution < 1.29 is 0 Å². The lowest BCUT2D eigenvalue weighted by molar-refractivity contribution is 0.944. The number of nitrogens with two attached hydrogens (primary N) is 1. The Morgan fingerprint density at radius 1 is 1.35 bits per heavy atom. The van der Waals surface area contributed by atoms with Crippen LogP contribution < -0.4 is 5.73 Å². The molecule has 6 heteroatoms. The standard InChI is InChI=1S/C11H10ClN5/c1-17-9-4-6(12)2-3-7(9)14-11(17)8-5-10(13)16-15-8/h2-5H,1H3,(H3,13,15,16). The zero-order chi connectivity index (χ0) is 12.0. The molecule has 0 amide bonds. The van der Waals surface area contributed by atoms with Crippen molar-refractivity contribution in [2.75, 3.05) is 5.73 Å².